The summed E-state index contributed by atoms with van der Waals surface area (Å²) in [5, 5.41) is 16.9. The van der Waals surface area contributed by atoms with Gasteiger partial charge in [0, 0.05) is 36.3 Å². The van der Waals surface area contributed by atoms with Gasteiger partial charge in [-0.05, 0) is 24.3 Å². The van der Waals surface area contributed by atoms with Gasteiger partial charge in [0.2, 0.25) is 5.96 Å². The largest absolute Gasteiger partial charge is 0.351 e. The maximum Gasteiger partial charge on any atom is 0.251 e. The zero-order valence-corrected chi connectivity index (χ0v) is 15.5. The number of aliphatic imine (C=N–C) groups is 1. The molecule has 1 amide bonds. The quantitative estimate of drug-likeness (QED) is 0.307. The predicted molar refractivity (Wildman–Crippen MR) is 101 cm³/mol. The summed E-state index contributed by atoms with van der Waals surface area (Å²) >= 11 is 0. The number of nitrogens with one attached hydrogen (secondary N) is 3. The molecular weight excluding hydrogens is 366 g/mol. The number of hydrogen-bond acceptors (Lipinski definition) is 4. The Morgan fingerprint density at radius 2 is 2.00 bits per heavy atom. The van der Waals surface area contributed by atoms with E-state index in [1.165, 1.54) is 0 Å². The highest BCUT2D eigenvalue weighted by molar-refractivity contribution is 5.95. The number of halogens is 2. The fourth-order valence-electron chi connectivity index (χ4n) is 2.19. The summed E-state index contributed by atoms with van der Waals surface area (Å²) in [6.45, 7) is 4.19. The molecule has 1 aromatic heterocycles. The second kappa shape index (κ2) is 9.41. The lowest BCUT2D eigenvalue weighted by Gasteiger charge is -2.23. The van der Waals surface area contributed by atoms with Crippen molar-refractivity contribution in [2.45, 2.75) is 13.8 Å². The lowest BCUT2D eigenvalue weighted by atomic mass is 9.93. The molecule has 0 unspecified atom stereocenters. The van der Waals surface area contributed by atoms with Gasteiger partial charge >= 0.3 is 0 Å². The number of carbonyl (C=O) groups excluding carboxylic acids is 1. The summed E-state index contributed by atoms with van der Waals surface area (Å²) in [6, 6.07) is 6.15. The molecule has 3 N–H and O–H groups in total. The average molecular weight is 386 g/mol. The Bertz CT molecular complexity index is 873. The summed E-state index contributed by atoms with van der Waals surface area (Å²) in [5.74, 6) is -1.98. The number of nitrogens with zero attached hydrogens (tertiary/aromatic N) is 3. The van der Waals surface area contributed by atoms with Crippen LogP contribution in [0.3, 0.4) is 0 Å². The van der Waals surface area contributed by atoms with Crippen molar-refractivity contribution in [3.05, 3.63) is 59.9 Å². The first kappa shape index (κ1) is 20.8. The van der Waals surface area contributed by atoms with Gasteiger partial charge in [0.15, 0.2) is 6.19 Å². The van der Waals surface area contributed by atoms with E-state index in [0.29, 0.717) is 11.8 Å². The SMILES string of the molecule is CC(C)(CN=C(NC#N)Nc1cccnc1)CNC(=O)c1cc(F)cc(F)c1. The predicted octanol–water partition coefficient (Wildman–Crippen LogP) is 2.65. The van der Waals surface area contributed by atoms with Crippen molar-refractivity contribution in [2.24, 2.45) is 10.4 Å². The highest BCUT2D eigenvalue weighted by Crippen LogP contribution is 2.15. The van der Waals surface area contributed by atoms with Crippen LogP contribution in [0.2, 0.25) is 0 Å². The lowest BCUT2D eigenvalue weighted by Crippen LogP contribution is -2.37. The maximum atomic E-state index is 13.2. The van der Waals surface area contributed by atoms with Crippen LogP contribution in [0.4, 0.5) is 14.5 Å². The molecule has 0 aliphatic carbocycles. The molecular formula is C19H20F2N6O. The highest BCUT2D eigenvalue weighted by atomic mass is 19.1. The van der Waals surface area contributed by atoms with E-state index in [1.54, 1.807) is 30.7 Å². The first-order valence-electron chi connectivity index (χ1n) is 8.40. The van der Waals surface area contributed by atoms with E-state index in [9.17, 15) is 13.6 Å². The first-order valence-corrected chi connectivity index (χ1v) is 8.40. The monoisotopic (exact) mass is 386 g/mol. The second-order valence-electron chi connectivity index (χ2n) is 6.77. The van der Waals surface area contributed by atoms with E-state index in [-0.39, 0.29) is 24.6 Å². The van der Waals surface area contributed by atoms with E-state index in [0.717, 1.165) is 12.1 Å². The summed E-state index contributed by atoms with van der Waals surface area (Å²) in [4.78, 5) is 20.4. The zero-order chi connectivity index (χ0) is 20.6. The van der Waals surface area contributed by atoms with Gasteiger partial charge in [-0.25, -0.2) is 8.78 Å². The van der Waals surface area contributed by atoms with Crippen LogP contribution in [0, 0.1) is 28.5 Å². The minimum Gasteiger partial charge on any atom is -0.351 e. The number of pyridine rings is 1. The van der Waals surface area contributed by atoms with E-state index >= 15 is 0 Å². The molecule has 7 nitrogen and oxygen atoms in total. The number of benzene rings is 1. The van der Waals surface area contributed by atoms with Crippen LogP contribution in [0.1, 0.15) is 24.2 Å². The van der Waals surface area contributed by atoms with Gasteiger partial charge in [-0.1, -0.05) is 13.8 Å². The Kier molecular flexibility index (Phi) is 6.98. The van der Waals surface area contributed by atoms with Crippen molar-refractivity contribution in [1.29, 1.82) is 5.26 Å². The smallest absolute Gasteiger partial charge is 0.251 e. The number of hydrogen-bond donors (Lipinski definition) is 3. The van der Waals surface area contributed by atoms with Crippen molar-refractivity contribution in [1.82, 2.24) is 15.6 Å². The maximum absolute atomic E-state index is 13.2. The number of guanidine groups is 1. The number of rotatable bonds is 6. The summed E-state index contributed by atoms with van der Waals surface area (Å²) in [7, 11) is 0. The molecule has 28 heavy (non-hydrogen) atoms. The van der Waals surface area contributed by atoms with Crippen molar-refractivity contribution in [2.75, 3.05) is 18.4 Å². The van der Waals surface area contributed by atoms with Crippen molar-refractivity contribution in [3.8, 4) is 6.19 Å². The Balaban J connectivity index is 1.97. The second-order valence-corrected chi connectivity index (χ2v) is 6.77. The van der Waals surface area contributed by atoms with E-state index < -0.39 is 23.0 Å². The highest BCUT2D eigenvalue weighted by Gasteiger charge is 2.20. The van der Waals surface area contributed by atoms with Crippen molar-refractivity contribution < 1.29 is 13.6 Å². The van der Waals surface area contributed by atoms with Crippen LogP contribution in [0.5, 0.6) is 0 Å². The van der Waals surface area contributed by atoms with Crippen LogP contribution in [-0.4, -0.2) is 29.9 Å². The molecule has 0 atom stereocenters. The van der Waals surface area contributed by atoms with E-state index in [1.807, 2.05) is 13.8 Å². The molecule has 9 heteroatoms. The minimum absolute atomic E-state index is 0.0955. The normalized spacial score (nSPS) is 11.5. The van der Waals surface area contributed by atoms with E-state index in [4.69, 9.17) is 5.26 Å². The van der Waals surface area contributed by atoms with Gasteiger partial charge in [-0.3, -0.25) is 20.1 Å². The molecule has 0 fully saturated rings. The number of amides is 1. The number of anilines is 1. The molecule has 1 heterocycles. The fourth-order valence-corrected chi connectivity index (χ4v) is 2.19. The average Bonchev–Trinajstić information content (AvgIpc) is 2.64. The Hall–Kier alpha value is -3.54. The third-order valence-corrected chi connectivity index (χ3v) is 3.62. The third-order valence-electron chi connectivity index (χ3n) is 3.62. The Morgan fingerprint density at radius 3 is 2.61 bits per heavy atom. The van der Waals surface area contributed by atoms with Crippen molar-refractivity contribution in [3.63, 3.8) is 0 Å². The minimum atomic E-state index is -0.817. The van der Waals surface area contributed by atoms with Gasteiger partial charge in [0.1, 0.15) is 11.6 Å². The van der Waals surface area contributed by atoms with Crippen LogP contribution in [0.25, 0.3) is 0 Å². The lowest BCUT2D eigenvalue weighted by molar-refractivity contribution is 0.0937. The molecule has 0 saturated carbocycles. The molecule has 2 rings (SSSR count). The summed E-state index contributed by atoms with van der Waals surface area (Å²) in [6.07, 6.45) is 5.00. The van der Waals surface area contributed by atoms with Gasteiger partial charge in [-0.2, -0.15) is 5.26 Å². The standard InChI is InChI=1S/C19H20F2N6O/c1-19(2,10-24-17(28)13-6-14(20)8-15(21)7-13)11-25-18(26-12-22)27-16-4-3-5-23-9-16/h3-9H,10-11H2,1-2H3,(H,24,28)(H2,25,26,27). The van der Waals surface area contributed by atoms with Gasteiger partial charge < -0.3 is 10.6 Å². The topological polar surface area (TPSA) is 102 Å². The molecule has 0 radical (unpaired) electrons. The van der Waals surface area contributed by atoms with Crippen LogP contribution < -0.4 is 16.0 Å². The molecule has 146 valence electrons. The third kappa shape index (κ3) is 6.64. The molecule has 0 aliphatic rings. The molecule has 0 spiro atoms. The van der Waals surface area contributed by atoms with Crippen LogP contribution >= 0.6 is 0 Å². The number of carbonyl (C=O) groups is 1. The molecule has 0 aliphatic heterocycles. The van der Waals surface area contributed by atoms with Crippen LogP contribution in [0.15, 0.2) is 47.7 Å². The van der Waals surface area contributed by atoms with Gasteiger partial charge in [-0.15, -0.1) is 0 Å². The molecule has 0 saturated heterocycles. The zero-order valence-electron chi connectivity index (χ0n) is 15.5. The number of nitriles is 1. The first-order chi connectivity index (χ1) is 13.3. The fraction of sp³-hybridized carbons (Fsp3) is 0.263. The van der Waals surface area contributed by atoms with Gasteiger partial charge in [0.05, 0.1) is 11.9 Å². The summed E-state index contributed by atoms with van der Waals surface area (Å²) in [5.41, 5.74) is 0.0747. The summed E-state index contributed by atoms with van der Waals surface area (Å²) < 4.78 is 26.5. The Morgan fingerprint density at radius 1 is 1.29 bits per heavy atom. The van der Waals surface area contributed by atoms with Crippen molar-refractivity contribution >= 4 is 17.6 Å². The molecule has 1 aromatic carbocycles. The molecule has 0 bridgehead atoms. The molecule has 2 aromatic rings. The van der Waals surface area contributed by atoms with Crippen LogP contribution in [-0.2, 0) is 0 Å². The number of aromatic nitrogens is 1. The van der Waals surface area contributed by atoms with Gasteiger partial charge in [0.25, 0.3) is 5.91 Å². The van der Waals surface area contributed by atoms with E-state index in [2.05, 4.69) is 25.9 Å². The Labute approximate surface area is 161 Å².